The lowest BCUT2D eigenvalue weighted by molar-refractivity contribution is -0.129. The first-order chi connectivity index (χ1) is 12.1. The third kappa shape index (κ3) is 3.97. The van der Waals surface area contributed by atoms with Crippen LogP contribution in [0.1, 0.15) is 39.0 Å². The number of nitrogens with one attached hydrogen (secondary N) is 1. The van der Waals surface area contributed by atoms with Crippen molar-refractivity contribution in [2.45, 2.75) is 50.7 Å². The molecule has 1 heterocycles. The Kier molecular flexibility index (Phi) is 4.98. The van der Waals surface area contributed by atoms with Crippen LogP contribution in [-0.4, -0.2) is 27.7 Å². The minimum absolute atomic E-state index is 0.274. The Morgan fingerprint density at radius 2 is 2.04 bits per heavy atom. The third-order valence-corrected chi connectivity index (χ3v) is 4.43. The average molecular weight is 340 g/mol. The van der Waals surface area contributed by atoms with Crippen LogP contribution < -0.4 is 10.1 Å². The van der Waals surface area contributed by atoms with E-state index < -0.39 is 11.6 Å². The van der Waals surface area contributed by atoms with Gasteiger partial charge in [0.25, 0.3) is 5.91 Å². The van der Waals surface area contributed by atoms with Crippen LogP contribution in [0.5, 0.6) is 5.75 Å². The van der Waals surface area contributed by atoms with Crippen LogP contribution in [0.3, 0.4) is 0 Å². The second kappa shape index (κ2) is 7.34. The van der Waals surface area contributed by atoms with E-state index in [1.54, 1.807) is 31.2 Å². The van der Waals surface area contributed by atoms with E-state index in [2.05, 4.69) is 21.6 Å². The van der Waals surface area contributed by atoms with E-state index >= 15 is 0 Å². The quantitative estimate of drug-likeness (QED) is 0.898. The molecule has 0 radical (unpaired) electrons. The highest BCUT2D eigenvalue weighted by atomic mass is 16.5. The molecule has 25 heavy (non-hydrogen) atoms. The lowest BCUT2D eigenvalue weighted by Crippen LogP contribution is -2.52. The van der Waals surface area contributed by atoms with Gasteiger partial charge in [-0.3, -0.25) is 4.79 Å². The smallest absolute Gasteiger partial charge is 0.262 e. The SMILES string of the molecule is C[C@@H](Oc1ccc(-c2nnco2)cc1)C(=O)NC1(C#N)CCCCC1. The monoisotopic (exact) mass is 340 g/mol. The van der Waals surface area contributed by atoms with Gasteiger partial charge in [-0.25, -0.2) is 0 Å². The molecule has 130 valence electrons. The zero-order valence-corrected chi connectivity index (χ0v) is 14.1. The molecule has 1 N–H and O–H groups in total. The molecule has 0 saturated heterocycles. The van der Waals surface area contributed by atoms with Gasteiger partial charge in [0.1, 0.15) is 11.3 Å². The Hall–Kier alpha value is -2.88. The van der Waals surface area contributed by atoms with Gasteiger partial charge < -0.3 is 14.5 Å². The fourth-order valence-corrected chi connectivity index (χ4v) is 2.99. The van der Waals surface area contributed by atoms with Gasteiger partial charge in [0.2, 0.25) is 12.3 Å². The minimum Gasteiger partial charge on any atom is -0.481 e. The normalized spacial score (nSPS) is 17.3. The van der Waals surface area contributed by atoms with Crippen molar-refractivity contribution in [3.8, 4) is 23.3 Å². The van der Waals surface area contributed by atoms with E-state index in [1.165, 1.54) is 6.39 Å². The van der Waals surface area contributed by atoms with Gasteiger partial charge in [-0.2, -0.15) is 5.26 Å². The third-order valence-electron chi connectivity index (χ3n) is 4.43. The minimum atomic E-state index is -0.755. The van der Waals surface area contributed by atoms with Gasteiger partial charge in [0.05, 0.1) is 6.07 Å². The number of rotatable bonds is 5. The summed E-state index contributed by atoms with van der Waals surface area (Å²) in [6.45, 7) is 1.68. The van der Waals surface area contributed by atoms with E-state index in [9.17, 15) is 10.1 Å². The maximum Gasteiger partial charge on any atom is 0.262 e. The lowest BCUT2D eigenvalue weighted by atomic mass is 9.83. The summed E-state index contributed by atoms with van der Waals surface area (Å²) >= 11 is 0. The average Bonchev–Trinajstić information content (AvgIpc) is 3.18. The molecule has 1 saturated carbocycles. The molecule has 1 aliphatic carbocycles. The van der Waals surface area contributed by atoms with Crippen molar-refractivity contribution in [3.63, 3.8) is 0 Å². The number of carbonyl (C=O) groups is 1. The molecule has 0 aliphatic heterocycles. The van der Waals surface area contributed by atoms with Gasteiger partial charge in [-0.15, -0.1) is 10.2 Å². The van der Waals surface area contributed by atoms with Crippen LogP contribution in [0.4, 0.5) is 0 Å². The van der Waals surface area contributed by atoms with E-state index in [-0.39, 0.29) is 5.91 Å². The Bertz CT molecular complexity index is 744. The predicted octanol–water partition coefficient (Wildman–Crippen LogP) is 2.85. The van der Waals surface area contributed by atoms with Gasteiger partial charge in [-0.05, 0) is 44.0 Å². The van der Waals surface area contributed by atoms with Crippen molar-refractivity contribution >= 4 is 5.91 Å². The number of nitriles is 1. The maximum absolute atomic E-state index is 12.4. The molecule has 1 aromatic carbocycles. The van der Waals surface area contributed by atoms with Crippen LogP contribution in [-0.2, 0) is 4.79 Å². The number of benzene rings is 1. The highest BCUT2D eigenvalue weighted by Crippen LogP contribution is 2.28. The molecular weight excluding hydrogens is 320 g/mol. The second-order valence-electron chi connectivity index (χ2n) is 6.27. The second-order valence-corrected chi connectivity index (χ2v) is 6.27. The van der Waals surface area contributed by atoms with Crippen LogP contribution in [0.25, 0.3) is 11.5 Å². The highest BCUT2D eigenvalue weighted by molar-refractivity contribution is 5.82. The first-order valence-electron chi connectivity index (χ1n) is 8.38. The summed E-state index contributed by atoms with van der Waals surface area (Å²) in [7, 11) is 0. The van der Waals surface area contributed by atoms with Gasteiger partial charge >= 0.3 is 0 Å². The predicted molar refractivity (Wildman–Crippen MR) is 89.4 cm³/mol. The first kappa shape index (κ1) is 17.0. The number of amides is 1. The summed E-state index contributed by atoms with van der Waals surface area (Å²) in [6.07, 6.45) is 4.99. The Labute approximate surface area is 146 Å². The standard InChI is InChI=1S/C18H20N4O3/c1-13(16(23)21-18(11-19)9-3-2-4-10-18)25-15-7-5-14(6-8-15)17-22-20-12-24-17/h5-8,12-13H,2-4,9-10H2,1H3,(H,21,23)/t13-/m1/s1. The molecule has 0 unspecified atom stereocenters. The molecular formula is C18H20N4O3. The number of hydrogen-bond acceptors (Lipinski definition) is 6. The topological polar surface area (TPSA) is 101 Å². The Morgan fingerprint density at radius 1 is 1.32 bits per heavy atom. The van der Waals surface area contributed by atoms with Crippen LogP contribution >= 0.6 is 0 Å². The fourth-order valence-electron chi connectivity index (χ4n) is 2.99. The molecule has 1 atom stereocenters. The number of aromatic nitrogens is 2. The zero-order valence-electron chi connectivity index (χ0n) is 14.1. The largest absolute Gasteiger partial charge is 0.481 e. The van der Waals surface area contributed by atoms with Gasteiger partial charge in [-0.1, -0.05) is 19.3 Å². The summed E-state index contributed by atoms with van der Waals surface area (Å²) in [5.41, 5.74) is 0.0157. The molecule has 1 aromatic heterocycles. The van der Waals surface area contributed by atoms with Crippen molar-refractivity contribution in [3.05, 3.63) is 30.7 Å². The molecule has 0 bridgehead atoms. The number of nitrogens with zero attached hydrogens (tertiary/aromatic N) is 3. The summed E-state index contributed by atoms with van der Waals surface area (Å²) < 4.78 is 10.8. The molecule has 0 spiro atoms. The number of hydrogen-bond donors (Lipinski definition) is 1. The Balaban J connectivity index is 1.60. The number of ether oxygens (including phenoxy) is 1. The van der Waals surface area contributed by atoms with Crippen LogP contribution in [0, 0.1) is 11.3 Å². The molecule has 1 amide bonds. The van der Waals surface area contributed by atoms with Crippen molar-refractivity contribution in [2.24, 2.45) is 0 Å². The molecule has 2 aromatic rings. The van der Waals surface area contributed by atoms with Gasteiger partial charge in [0.15, 0.2) is 6.10 Å². The molecule has 1 aliphatic rings. The molecule has 7 heteroatoms. The fraction of sp³-hybridized carbons (Fsp3) is 0.444. The molecule has 3 rings (SSSR count). The highest BCUT2D eigenvalue weighted by Gasteiger charge is 2.35. The summed E-state index contributed by atoms with van der Waals surface area (Å²) in [5, 5.41) is 19.8. The lowest BCUT2D eigenvalue weighted by Gasteiger charge is -2.32. The maximum atomic E-state index is 12.4. The van der Waals surface area contributed by atoms with Gasteiger partial charge in [0, 0.05) is 5.56 Å². The molecule has 7 nitrogen and oxygen atoms in total. The van der Waals surface area contributed by atoms with Crippen molar-refractivity contribution in [2.75, 3.05) is 0 Å². The Morgan fingerprint density at radius 3 is 2.64 bits per heavy atom. The summed E-state index contributed by atoms with van der Waals surface area (Å²) in [4.78, 5) is 12.4. The molecule has 1 fully saturated rings. The van der Waals surface area contributed by atoms with E-state index in [1.807, 2.05) is 0 Å². The van der Waals surface area contributed by atoms with Crippen LogP contribution in [0.15, 0.2) is 35.1 Å². The van der Waals surface area contributed by atoms with E-state index in [4.69, 9.17) is 9.15 Å². The van der Waals surface area contributed by atoms with Crippen molar-refractivity contribution in [1.82, 2.24) is 15.5 Å². The number of carbonyl (C=O) groups excluding carboxylic acids is 1. The summed E-state index contributed by atoms with van der Waals surface area (Å²) in [5.74, 6) is 0.704. The van der Waals surface area contributed by atoms with Crippen LogP contribution in [0.2, 0.25) is 0 Å². The zero-order chi connectivity index (χ0) is 17.7. The van der Waals surface area contributed by atoms with E-state index in [0.717, 1.165) is 24.8 Å². The summed E-state index contributed by atoms with van der Waals surface area (Å²) in [6, 6.07) is 9.33. The van der Waals surface area contributed by atoms with Crippen molar-refractivity contribution < 1.29 is 13.9 Å². The first-order valence-corrected chi connectivity index (χ1v) is 8.38. The van der Waals surface area contributed by atoms with E-state index in [0.29, 0.717) is 24.5 Å². The van der Waals surface area contributed by atoms with Crippen molar-refractivity contribution in [1.29, 1.82) is 5.26 Å².